The molecule has 4 bridgehead atoms. The van der Waals surface area contributed by atoms with Crippen LogP contribution in [0, 0.1) is 35.0 Å². The Labute approximate surface area is 229 Å². The summed E-state index contributed by atoms with van der Waals surface area (Å²) in [7, 11) is -8.00. The van der Waals surface area contributed by atoms with Gasteiger partial charge >= 0.3 is 0 Å². The molecule has 0 amide bonds. The molecule has 5 nitrogen and oxygen atoms in total. The van der Waals surface area contributed by atoms with E-state index in [9.17, 15) is 22.1 Å². The highest BCUT2D eigenvalue weighted by atomic mass is 32.2. The standard InChI is InChI=1S/C32H27NO4S2/c33-19-21-13-11-20(12-14-21)17-26-29-27-22-15-16-23(18-22)28(27)30(26)32(39(36,37)25-9-5-2-6-10-25)31(29)38(34,35)24-7-3-1-4-8-24/h1-14,17,22-23,29-32H,15-16,18H2. The van der Waals surface area contributed by atoms with Crippen molar-refractivity contribution in [3.63, 3.8) is 0 Å². The fourth-order valence-electron chi connectivity index (χ4n) is 7.82. The van der Waals surface area contributed by atoms with Gasteiger partial charge in [-0.3, -0.25) is 0 Å². The Hall–Kier alpha value is -3.47. The second-order valence-electron chi connectivity index (χ2n) is 11.1. The predicted octanol–water partition coefficient (Wildman–Crippen LogP) is 5.61. The van der Waals surface area contributed by atoms with E-state index >= 15 is 0 Å². The van der Waals surface area contributed by atoms with Crippen molar-refractivity contribution >= 4 is 25.8 Å². The Morgan fingerprint density at radius 2 is 1.13 bits per heavy atom. The number of rotatable bonds is 5. The molecule has 0 radical (unpaired) electrons. The minimum Gasteiger partial charge on any atom is -0.223 e. The molecule has 39 heavy (non-hydrogen) atoms. The maximum atomic E-state index is 14.4. The van der Waals surface area contributed by atoms with Crippen LogP contribution in [0.4, 0.5) is 0 Å². The minimum absolute atomic E-state index is 0.166. The molecule has 0 aliphatic heterocycles. The third kappa shape index (κ3) is 3.54. The molecular weight excluding hydrogens is 526 g/mol. The third-order valence-electron chi connectivity index (χ3n) is 9.25. The van der Waals surface area contributed by atoms with Gasteiger partial charge in [-0.1, -0.05) is 71.3 Å². The van der Waals surface area contributed by atoms with Gasteiger partial charge in [-0.05, 0) is 73.1 Å². The van der Waals surface area contributed by atoms with Gasteiger partial charge in [0.2, 0.25) is 0 Å². The van der Waals surface area contributed by atoms with Crippen LogP contribution in [0.3, 0.4) is 0 Å². The van der Waals surface area contributed by atoms with Gasteiger partial charge in [-0.15, -0.1) is 0 Å². The normalized spacial score (nSPS) is 28.9. The van der Waals surface area contributed by atoms with Crippen LogP contribution in [-0.2, 0) is 19.7 Å². The number of hydrogen-bond acceptors (Lipinski definition) is 5. The maximum absolute atomic E-state index is 14.4. The second kappa shape index (κ2) is 8.77. The summed E-state index contributed by atoms with van der Waals surface area (Å²) in [4.78, 5) is 0.331. The Bertz CT molecular complexity index is 1680. The van der Waals surface area contributed by atoms with Crippen molar-refractivity contribution in [2.45, 2.75) is 39.6 Å². The average Bonchev–Trinajstić information content (AvgIpc) is 3.73. The number of allylic oxidation sites excluding steroid dienone is 3. The number of fused-ring (bicyclic) bond motifs is 8. The van der Waals surface area contributed by atoms with Gasteiger partial charge in [0.25, 0.3) is 0 Å². The lowest BCUT2D eigenvalue weighted by Crippen LogP contribution is -2.45. The number of benzene rings is 3. The van der Waals surface area contributed by atoms with Crippen LogP contribution in [0.1, 0.15) is 30.4 Å². The van der Waals surface area contributed by atoms with Crippen molar-refractivity contribution in [2.24, 2.45) is 23.7 Å². The van der Waals surface area contributed by atoms with Crippen LogP contribution in [0.2, 0.25) is 0 Å². The highest BCUT2D eigenvalue weighted by molar-refractivity contribution is 7.96. The van der Waals surface area contributed by atoms with E-state index < -0.39 is 42.0 Å². The monoisotopic (exact) mass is 553 g/mol. The van der Waals surface area contributed by atoms with Crippen molar-refractivity contribution in [1.82, 2.24) is 0 Å². The van der Waals surface area contributed by atoms with Gasteiger partial charge in [-0.2, -0.15) is 5.26 Å². The van der Waals surface area contributed by atoms with Crippen LogP contribution in [0.15, 0.2) is 111 Å². The number of hydrogen-bond donors (Lipinski definition) is 0. The topological polar surface area (TPSA) is 92.1 Å². The van der Waals surface area contributed by atoms with Crippen molar-refractivity contribution < 1.29 is 16.8 Å². The van der Waals surface area contributed by atoms with E-state index in [1.54, 1.807) is 72.8 Å². The SMILES string of the molecule is N#Cc1ccc(C=C2C3C4=C(C5CCC4C5)C2C(S(=O)(=O)c2ccccc2)C3S(=O)(=O)c2ccccc2)cc1. The highest BCUT2D eigenvalue weighted by Gasteiger charge is 2.67. The second-order valence-corrected chi connectivity index (χ2v) is 15.3. The Morgan fingerprint density at radius 3 is 1.56 bits per heavy atom. The smallest absolute Gasteiger partial charge is 0.183 e. The van der Waals surface area contributed by atoms with Crippen LogP contribution in [0.5, 0.6) is 0 Å². The summed E-state index contributed by atoms with van der Waals surface area (Å²) in [5.41, 5.74) is 4.68. The molecule has 4 aliphatic carbocycles. The Morgan fingerprint density at radius 1 is 0.667 bits per heavy atom. The molecule has 7 rings (SSSR count). The summed E-state index contributed by atoms with van der Waals surface area (Å²) >= 11 is 0. The molecule has 3 aromatic rings. The molecule has 0 heterocycles. The summed E-state index contributed by atoms with van der Waals surface area (Å²) < 4.78 is 57.8. The molecular formula is C32H27NO4S2. The first-order valence-electron chi connectivity index (χ1n) is 13.4. The van der Waals surface area contributed by atoms with Crippen LogP contribution in [0.25, 0.3) is 6.08 Å². The first kappa shape index (κ1) is 24.6. The van der Waals surface area contributed by atoms with E-state index in [1.807, 2.05) is 18.2 Å². The molecule has 4 aliphatic rings. The first-order valence-corrected chi connectivity index (χ1v) is 16.4. The summed E-state index contributed by atoms with van der Waals surface area (Å²) in [5.74, 6) is -0.300. The van der Waals surface area contributed by atoms with E-state index in [2.05, 4.69) is 6.07 Å². The van der Waals surface area contributed by atoms with Gasteiger partial charge in [-0.25, -0.2) is 16.8 Å². The molecule has 7 heteroatoms. The number of nitrogens with zero attached hydrogens (tertiary/aromatic N) is 1. The van der Waals surface area contributed by atoms with E-state index in [0.717, 1.165) is 30.4 Å². The van der Waals surface area contributed by atoms with Crippen molar-refractivity contribution in [3.05, 3.63) is 113 Å². The molecule has 3 aromatic carbocycles. The van der Waals surface area contributed by atoms with E-state index in [4.69, 9.17) is 0 Å². The third-order valence-corrected chi connectivity index (χ3v) is 13.8. The zero-order valence-electron chi connectivity index (χ0n) is 21.1. The summed E-state index contributed by atoms with van der Waals surface area (Å²) in [6.07, 6.45) is 5.07. The summed E-state index contributed by atoms with van der Waals surface area (Å²) in [6, 6.07) is 25.9. The van der Waals surface area contributed by atoms with E-state index in [-0.39, 0.29) is 9.79 Å². The molecule has 0 N–H and O–H groups in total. The van der Waals surface area contributed by atoms with E-state index in [0.29, 0.717) is 17.4 Å². The van der Waals surface area contributed by atoms with Gasteiger partial charge < -0.3 is 0 Å². The van der Waals surface area contributed by atoms with Crippen LogP contribution in [-0.4, -0.2) is 27.3 Å². The molecule has 2 saturated carbocycles. The molecule has 0 spiro atoms. The van der Waals surface area contributed by atoms with Gasteiger partial charge in [0.05, 0.1) is 31.9 Å². The van der Waals surface area contributed by atoms with E-state index in [1.165, 1.54) is 11.1 Å². The molecule has 0 aromatic heterocycles. The largest absolute Gasteiger partial charge is 0.223 e. The first-order chi connectivity index (χ1) is 18.8. The van der Waals surface area contributed by atoms with Gasteiger partial charge in [0.15, 0.2) is 19.7 Å². The van der Waals surface area contributed by atoms with Gasteiger partial charge in [0, 0.05) is 11.8 Å². The number of sulfone groups is 2. The highest BCUT2D eigenvalue weighted by Crippen LogP contribution is 2.68. The van der Waals surface area contributed by atoms with Crippen molar-refractivity contribution in [2.75, 3.05) is 0 Å². The van der Waals surface area contributed by atoms with Crippen LogP contribution < -0.4 is 0 Å². The Balaban J connectivity index is 1.48. The summed E-state index contributed by atoms with van der Waals surface area (Å²) in [5, 5.41) is 7.04. The molecule has 6 unspecified atom stereocenters. The molecule has 6 atom stereocenters. The minimum atomic E-state index is -4.00. The molecule has 196 valence electrons. The molecule has 0 saturated heterocycles. The van der Waals surface area contributed by atoms with Gasteiger partial charge in [0.1, 0.15) is 0 Å². The fourth-order valence-corrected chi connectivity index (χ4v) is 12.7. The lowest BCUT2D eigenvalue weighted by atomic mass is 9.82. The van der Waals surface area contributed by atoms with Crippen LogP contribution >= 0.6 is 0 Å². The maximum Gasteiger partial charge on any atom is 0.183 e. The predicted molar refractivity (Wildman–Crippen MR) is 149 cm³/mol. The average molecular weight is 554 g/mol. The Kier molecular flexibility index (Phi) is 5.52. The zero-order valence-corrected chi connectivity index (χ0v) is 22.8. The number of nitriles is 1. The lowest BCUT2D eigenvalue weighted by Gasteiger charge is -2.35. The molecule has 2 fully saturated rings. The summed E-state index contributed by atoms with van der Waals surface area (Å²) in [6.45, 7) is 0. The lowest BCUT2D eigenvalue weighted by molar-refractivity contribution is 0.494. The quantitative estimate of drug-likeness (QED) is 0.302. The zero-order chi connectivity index (χ0) is 26.9. The fraction of sp³-hybridized carbons (Fsp3) is 0.281. The van der Waals surface area contributed by atoms with Crippen molar-refractivity contribution in [3.8, 4) is 6.07 Å². The van der Waals surface area contributed by atoms with Crippen molar-refractivity contribution in [1.29, 1.82) is 5.26 Å².